The van der Waals surface area contributed by atoms with Gasteiger partial charge in [-0.15, -0.1) is 0 Å². The SMILES string of the molecule is CC1(C)O[C@@H]2[C@H]3OC(C)(C)O[C@H]3C(CC=O)[C@@H]2O1. The second-order valence-corrected chi connectivity index (χ2v) is 6.20. The van der Waals surface area contributed by atoms with E-state index in [2.05, 4.69) is 0 Å². The van der Waals surface area contributed by atoms with Gasteiger partial charge >= 0.3 is 0 Å². The molecule has 18 heavy (non-hydrogen) atoms. The minimum absolute atomic E-state index is 0.0149. The lowest BCUT2D eigenvalue weighted by Gasteiger charge is -2.25. The van der Waals surface area contributed by atoms with Crippen molar-refractivity contribution in [3.05, 3.63) is 0 Å². The van der Waals surface area contributed by atoms with Gasteiger partial charge < -0.3 is 23.7 Å². The number of ether oxygens (including phenoxy) is 4. The average molecular weight is 256 g/mol. The Hall–Kier alpha value is -0.490. The van der Waals surface area contributed by atoms with Gasteiger partial charge in [0.25, 0.3) is 0 Å². The molecule has 0 amide bonds. The zero-order valence-corrected chi connectivity index (χ0v) is 11.2. The lowest BCUT2D eigenvalue weighted by Crippen LogP contribution is -2.34. The predicted octanol–water partition coefficient (Wildman–Crippen LogP) is 1.25. The van der Waals surface area contributed by atoms with Gasteiger partial charge in [0.1, 0.15) is 18.5 Å². The van der Waals surface area contributed by atoms with Crippen molar-refractivity contribution in [3.8, 4) is 0 Å². The first-order chi connectivity index (χ1) is 8.33. The highest BCUT2D eigenvalue weighted by molar-refractivity contribution is 5.50. The topological polar surface area (TPSA) is 54.0 Å². The second-order valence-electron chi connectivity index (χ2n) is 6.20. The third kappa shape index (κ3) is 1.81. The highest BCUT2D eigenvalue weighted by Gasteiger charge is 2.64. The first-order valence-electron chi connectivity index (χ1n) is 6.48. The molecule has 102 valence electrons. The van der Waals surface area contributed by atoms with E-state index >= 15 is 0 Å². The molecule has 0 aromatic carbocycles. The molecular weight excluding hydrogens is 236 g/mol. The molecular formula is C13H20O5. The number of aldehydes is 1. The summed E-state index contributed by atoms with van der Waals surface area (Å²) in [6, 6.07) is 0. The molecule has 4 atom stereocenters. The van der Waals surface area contributed by atoms with E-state index in [1.165, 1.54) is 0 Å². The molecule has 3 fully saturated rings. The smallest absolute Gasteiger partial charge is 0.163 e. The van der Waals surface area contributed by atoms with Crippen LogP contribution in [0.1, 0.15) is 34.1 Å². The zero-order valence-electron chi connectivity index (χ0n) is 11.2. The number of hydrogen-bond acceptors (Lipinski definition) is 5. The number of rotatable bonds is 2. The van der Waals surface area contributed by atoms with Gasteiger partial charge in [0, 0.05) is 12.3 Å². The highest BCUT2D eigenvalue weighted by atomic mass is 16.8. The Morgan fingerprint density at radius 2 is 1.22 bits per heavy atom. The van der Waals surface area contributed by atoms with Crippen molar-refractivity contribution in [1.29, 1.82) is 0 Å². The van der Waals surface area contributed by atoms with Gasteiger partial charge in [-0.05, 0) is 27.7 Å². The monoisotopic (exact) mass is 256 g/mol. The van der Waals surface area contributed by atoms with E-state index in [0.29, 0.717) is 6.42 Å². The first-order valence-corrected chi connectivity index (χ1v) is 6.48. The molecule has 1 aliphatic carbocycles. The van der Waals surface area contributed by atoms with Crippen LogP contribution in [0.4, 0.5) is 0 Å². The lowest BCUT2D eigenvalue weighted by molar-refractivity contribution is -0.174. The van der Waals surface area contributed by atoms with Crippen LogP contribution < -0.4 is 0 Å². The molecule has 0 radical (unpaired) electrons. The minimum Gasteiger partial charge on any atom is -0.344 e. The molecule has 5 nitrogen and oxygen atoms in total. The van der Waals surface area contributed by atoms with Gasteiger partial charge in [-0.2, -0.15) is 0 Å². The molecule has 2 heterocycles. The fraction of sp³-hybridized carbons (Fsp3) is 0.923. The van der Waals surface area contributed by atoms with E-state index in [0.717, 1.165) is 6.29 Å². The summed E-state index contributed by atoms with van der Waals surface area (Å²) < 4.78 is 23.6. The molecule has 5 heteroatoms. The van der Waals surface area contributed by atoms with E-state index in [4.69, 9.17) is 18.9 Å². The minimum atomic E-state index is -0.614. The number of fused-ring (bicyclic) bond motifs is 3. The van der Waals surface area contributed by atoms with Gasteiger partial charge in [0.15, 0.2) is 11.6 Å². The highest BCUT2D eigenvalue weighted by Crippen LogP contribution is 2.50. The summed E-state index contributed by atoms with van der Waals surface area (Å²) in [5.74, 6) is -1.21. The van der Waals surface area contributed by atoms with Crippen LogP contribution in [0.3, 0.4) is 0 Å². The normalized spacial score (nSPS) is 47.9. The van der Waals surface area contributed by atoms with E-state index in [1.807, 2.05) is 27.7 Å². The van der Waals surface area contributed by atoms with Gasteiger partial charge in [-0.3, -0.25) is 0 Å². The molecule has 1 saturated carbocycles. The van der Waals surface area contributed by atoms with Crippen LogP contribution in [0.5, 0.6) is 0 Å². The maximum atomic E-state index is 10.9. The van der Waals surface area contributed by atoms with Crippen molar-refractivity contribution >= 4 is 6.29 Å². The Morgan fingerprint density at radius 1 is 0.833 bits per heavy atom. The fourth-order valence-electron chi connectivity index (χ4n) is 3.37. The van der Waals surface area contributed by atoms with Gasteiger partial charge in [0.2, 0.25) is 0 Å². The Morgan fingerprint density at radius 3 is 1.61 bits per heavy atom. The molecule has 0 N–H and O–H groups in total. The first kappa shape index (κ1) is 12.5. The summed E-state index contributed by atoms with van der Waals surface area (Å²) in [6.45, 7) is 7.55. The van der Waals surface area contributed by atoms with E-state index in [9.17, 15) is 4.79 Å². The third-order valence-corrected chi connectivity index (χ3v) is 3.86. The van der Waals surface area contributed by atoms with Gasteiger partial charge in [-0.25, -0.2) is 0 Å². The van der Waals surface area contributed by atoms with Crippen molar-refractivity contribution in [2.24, 2.45) is 5.92 Å². The summed E-state index contributed by atoms with van der Waals surface area (Å²) in [5.41, 5.74) is 0. The van der Waals surface area contributed by atoms with Crippen LogP contribution in [-0.4, -0.2) is 42.3 Å². The summed E-state index contributed by atoms with van der Waals surface area (Å²) in [4.78, 5) is 10.9. The lowest BCUT2D eigenvalue weighted by atomic mass is 10.00. The van der Waals surface area contributed by atoms with E-state index in [-0.39, 0.29) is 30.3 Å². The van der Waals surface area contributed by atoms with Crippen molar-refractivity contribution in [3.63, 3.8) is 0 Å². The summed E-state index contributed by atoms with van der Waals surface area (Å²) in [5, 5.41) is 0. The Labute approximate surface area is 107 Å². The molecule has 0 unspecified atom stereocenters. The molecule has 3 aliphatic rings. The van der Waals surface area contributed by atoms with Gasteiger partial charge in [0.05, 0.1) is 12.2 Å². The maximum absolute atomic E-state index is 10.9. The number of carbonyl (C=O) groups excluding carboxylic acids is 1. The predicted molar refractivity (Wildman–Crippen MR) is 61.8 cm³/mol. The Balaban J connectivity index is 1.87. The van der Waals surface area contributed by atoms with Gasteiger partial charge in [-0.1, -0.05) is 0 Å². The molecule has 2 aliphatic heterocycles. The molecule has 2 saturated heterocycles. The molecule has 0 aromatic heterocycles. The Bertz CT molecular complexity index is 334. The molecule has 0 spiro atoms. The quantitative estimate of drug-likeness (QED) is 0.696. The molecule has 3 rings (SSSR count). The largest absolute Gasteiger partial charge is 0.344 e. The molecule has 0 bridgehead atoms. The van der Waals surface area contributed by atoms with Crippen molar-refractivity contribution < 1.29 is 23.7 Å². The van der Waals surface area contributed by atoms with Crippen LogP contribution in [0.15, 0.2) is 0 Å². The van der Waals surface area contributed by atoms with Crippen LogP contribution in [0.2, 0.25) is 0 Å². The zero-order chi connectivity index (χ0) is 13.1. The summed E-state index contributed by atoms with van der Waals surface area (Å²) in [6.07, 6.45) is 0.829. The summed E-state index contributed by atoms with van der Waals surface area (Å²) >= 11 is 0. The van der Waals surface area contributed by atoms with Crippen LogP contribution in [-0.2, 0) is 23.7 Å². The third-order valence-electron chi connectivity index (χ3n) is 3.86. The van der Waals surface area contributed by atoms with Crippen LogP contribution >= 0.6 is 0 Å². The van der Waals surface area contributed by atoms with Crippen molar-refractivity contribution in [2.75, 3.05) is 0 Å². The van der Waals surface area contributed by atoms with Crippen molar-refractivity contribution in [2.45, 2.75) is 70.1 Å². The standard InChI is InChI=1S/C13H20O5/c1-12(2)15-8-7(5-6-14)9-11(10(8)17-12)18-13(3,4)16-9/h6-11H,5H2,1-4H3/t8-,9-,10-,11-/m0/s1. The maximum Gasteiger partial charge on any atom is 0.163 e. The van der Waals surface area contributed by atoms with Crippen LogP contribution in [0, 0.1) is 5.92 Å². The van der Waals surface area contributed by atoms with E-state index in [1.54, 1.807) is 0 Å². The Kier molecular flexibility index (Phi) is 2.62. The molecule has 0 aromatic rings. The number of carbonyl (C=O) groups is 1. The average Bonchev–Trinajstić information content (AvgIpc) is 2.77. The van der Waals surface area contributed by atoms with Crippen molar-refractivity contribution in [1.82, 2.24) is 0 Å². The second kappa shape index (κ2) is 3.76. The van der Waals surface area contributed by atoms with Crippen LogP contribution in [0.25, 0.3) is 0 Å². The van der Waals surface area contributed by atoms with E-state index < -0.39 is 11.6 Å². The fourth-order valence-corrected chi connectivity index (χ4v) is 3.37. The number of hydrogen-bond donors (Lipinski definition) is 0. The summed E-state index contributed by atoms with van der Waals surface area (Å²) in [7, 11) is 0.